The number of fused-ring (bicyclic) bond motifs is 1. The maximum Gasteiger partial charge on any atom is 0.252 e. The summed E-state index contributed by atoms with van der Waals surface area (Å²) in [6.07, 6.45) is 1.16. The molecular formula is C13H12N4O2. The zero-order chi connectivity index (χ0) is 13.4. The number of aryl methyl sites for hydroxylation is 1. The molecule has 2 aromatic rings. The summed E-state index contributed by atoms with van der Waals surface area (Å²) in [5, 5.41) is 2.81. The number of carbonyl (C=O) groups excluding carboxylic acids is 1. The second-order valence-electron chi connectivity index (χ2n) is 4.44. The third-order valence-corrected chi connectivity index (χ3v) is 3.06. The van der Waals surface area contributed by atoms with Gasteiger partial charge in [0.1, 0.15) is 0 Å². The third-order valence-electron chi connectivity index (χ3n) is 3.06. The van der Waals surface area contributed by atoms with Crippen molar-refractivity contribution >= 4 is 17.5 Å². The maximum atomic E-state index is 11.4. The van der Waals surface area contributed by atoms with Crippen LogP contribution in [0, 0.1) is 0 Å². The molecule has 0 aliphatic carbocycles. The fraction of sp³-hybridized carbons (Fsp3) is 0.154. The van der Waals surface area contributed by atoms with Crippen LogP contribution in [-0.4, -0.2) is 15.9 Å². The number of amides is 1. The lowest BCUT2D eigenvalue weighted by molar-refractivity contribution is -0.116. The van der Waals surface area contributed by atoms with Crippen LogP contribution in [0.3, 0.4) is 0 Å². The van der Waals surface area contributed by atoms with Crippen LogP contribution in [0.4, 0.5) is 11.6 Å². The van der Waals surface area contributed by atoms with Crippen molar-refractivity contribution in [2.45, 2.75) is 12.8 Å². The smallest absolute Gasteiger partial charge is 0.252 e. The number of hydrogen-bond donors (Lipinski definition) is 3. The van der Waals surface area contributed by atoms with Gasteiger partial charge in [0.15, 0.2) is 0 Å². The lowest BCUT2D eigenvalue weighted by atomic mass is 9.99. The molecule has 4 N–H and O–H groups in total. The minimum atomic E-state index is -0.284. The Hall–Kier alpha value is -2.63. The van der Waals surface area contributed by atoms with E-state index < -0.39 is 0 Å². The predicted molar refractivity (Wildman–Crippen MR) is 71.7 cm³/mol. The maximum absolute atomic E-state index is 11.4. The second-order valence-corrected chi connectivity index (χ2v) is 4.44. The number of aromatic nitrogens is 2. The summed E-state index contributed by atoms with van der Waals surface area (Å²) in [6, 6.07) is 6.96. The summed E-state index contributed by atoms with van der Waals surface area (Å²) in [4.78, 5) is 29.2. The van der Waals surface area contributed by atoms with Gasteiger partial charge >= 0.3 is 0 Å². The lowest BCUT2D eigenvalue weighted by Gasteiger charge is -2.17. The lowest BCUT2D eigenvalue weighted by Crippen LogP contribution is -2.18. The first-order chi connectivity index (χ1) is 9.11. The van der Waals surface area contributed by atoms with E-state index in [-0.39, 0.29) is 17.4 Å². The topological polar surface area (TPSA) is 101 Å². The van der Waals surface area contributed by atoms with Crippen molar-refractivity contribution in [1.82, 2.24) is 9.97 Å². The molecule has 1 aliphatic heterocycles. The number of rotatable bonds is 1. The van der Waals surface area contributed by atoms with Crippen molar-refractivity contribution in [2.24, 2.45) is 0 Å². The third kappa shape index (κ3) is 2.20. The molecular weight excluding hydrogens is 244 g/mol. The van der Waals surface area contributed by atoms with E-state index in [9.17, 15) is 9.59 Å². The number of nitrogens with one attached hydrogen (secondary N) is 2. The van der Waals surface area contributed by atoms with Gasteiger partial charge in [-0.25, -0.2) is 4.98 Å². The summed E-state index contributed by atoms with van der Waals surface area (Å²) in [6.45, 7) is 0. The van der Waals surface area contributed by atoms with Crippen LogP contribution in [-0.2, 0) is 11.2 Å². The van der Waals surface area contributed by atoms with Crippen molar-refractivity contribution in [3.8, 4) is 11.3 Å². The molecule has 96 valence electrons. The summed E-state index contributed by atoms with van der Waals surface area (Å²) in [7, 11) is 0. The first kappa shape index (κ1) is 11.5. The number of hydrogen-bond acceptors (Lipinski definition) is 4. The first-order valence-electron chi connectivity index (χ1n) is 5.92. The van der Waals surface area contributed by atoms with E-state index in [0.29, 0.717) is 18.5 Å². The van der Waals surface area contributed by atoms with E-state index in [0.717, 1.165) is 16.8 Å². The van der Waals surface area contributed by atoms with E-state index in [2.05, 4.69) is 15.3 Å². The summed E-state index contributed by atoms with van der Waals surface area (Å²) < 4.78 is 0. The van der Waals surface area contributed by atoms with Gasteiger partial charge in [0.2, 0.25) is 11.9 Å². The fourth-order valence-electron chi connectivity index (χ4n) is 2.17. The Balaban J connectivity index is 2.07. The number of H-pyrrole nitrogens is 1. The van der Waals surface area contributed by atoms with Gasteiger partial charge in [0.05, 0.1) is 5.69 Å². The Morgan fingerprint density at radius 1 is 1.16 bits per heavy atom. The fourth-order valence-corrected chi connectivity index (χ4v) is 2.17. The molecule has 0 fully saturated rings. The van der Waals surface area contributed by atoms with E-state index in [1.165, 1.54) is 6.07 Å². The van der Waals surface area contributed by atoms with E-state index >= 15 is 0 Å². The van der Waals surface area contributed by atoms with Crippen LogP contribution in [0.15, 0.2) is 29.1 Å². The van der Waals surface area contributed by atoms with Crippen molar-refractivity contribution < 1.29 is 4.79 Å². The molecule has 1 aromatic carbocycles. The molecule has 6 heteroatoms. The van der Waals surface area contributed by atoms with E-state index in [4.69, 9.17) is 5.73 Å². The normalized spacial score (nSPS) is 13.8. The number of nitrogens with two attached hydrogens (primary N) is 1. The quantitative estimate of drug-likeness (QED) is 0.705. The van der Waals surface area contributed by atoms with Gasteiger partial charge in [-0.3, -0.25) is 14.6 Å². The van der Waals surface area contributed by atoms with Crippen LogP contribution in [0.2, 0.25) is 0 Å². The molecule has 3 rings (SSSR count). The zero-order valence-corrected chi connectivity index (χ0v) is 10.1. The van der Waals surface area contributed by atoms with Gasteiger partial charge in [-0.15, -0.1) is 0 Å². The Bertz CT molecular complexity index is 721. The SMILES string of the molecule is Nc1nc(-c2ccc3c(c2)CCC(=O)N3)cc(=O)[nH]1. The highest BCUT2D eigenvalue weighted by atomic mass is 16.1. The molecule has 6 nitrogen and oxygen atoms in total. The Morgan fingerprint density at radius 2 is 2.00 bits per heavy atom. The molecule has 1 aromatic heterocycles. The second kappa shape index (κ2) is 4.24. The highest BCUT2D eigenvalue weighted by Crippen LogP contribution is 2.27. The average molecular weight is 256 g/mol. The molecule has 0 spiro atoms. The number of anilines is 2. The molecule has 0 saturated heterocycles. The molecule has 0 bridgehead atoms. The Kier molecular flexibility index (Phi) is 2.56. The standard InChI is InChI=1S/C13H12N4O2/c14-13-16-10(6-12(19)17-13)8-1-3-9-7(5-8)2-4-11(18)15-9/h1,3,5-6H,2,4H2,(H,15,18)(H3,14,16,17,19). The molecule has 1 amide bonds. The van der Waals surface area contributed by atoms with Crippen LogP contribution >= 0.6 is 0 Å². The van der Waals surface area contributed by atoms with Crippen LogP contribution in [0.25, 0.3) is 11.3 Å². The average Bonchev–Trinajstić information content (AvgIpc) is 2.37. The van der Waals surface area contributed by atoms with Crippen molar-refractivity contribution in [1.29, 1.82) is 0 Å². The largest absolute Gasteiger partial charge is 0.369 e. The minimum Gasteiger partial charge on any atom is -0.369 e. The van der Waals surface area contributed by atoms with Crippen LogP contribution in [0.1, 0.15) is 12.0 Å². The molecule has 0 unspecified atom stereocenters. The van der Waals surface area contributed by atoms with Gasteiger partial charge < -0.3 is 11.1 Å². The number of nitrogens with zero attached hydrogens (tertiary/aromatic N) is 1. The highest BCUT2D eigenvalue weighted by Gasteiger charge is 2.15. The minimum absolute atomic E-state index is 0.0266. The molecule has 0 atom stereocenters. The molecule has 1 aliphatic rings. The number of carbonyl (C=O) groups is 1. The van der Waals surface area contributed by atoms with Crippen LogP contribution in [0.5, 0.6) is 0 Å². The van der Waals surface area contributed by atoms with Gasteiger partial charge in [-0.1, -0.05) is 6.07 Å². The van der Waals surface area contributed by atoms with Crippen molar-refractivity contribution in [3.05, 3.63) is 40.2 Å². The first-order valence-corrected chi connectivity index (χ1v) is 5.92. The molecule has 2 heterocycles. The summed E-state index contributed by atoms with van der Waals surface area (Å²) >= 11 is 0. The monoisotopic (exact) mass is 256 g/mol. The summed E-state index contributed by atoms with van der Waals surface area (Å²) in [5.74, 6) is 0.118. The van der Waals surface area contributed by atoms with Gasteiger partial charge in [-0.05, 0) is 24.1 Å². The molecule has 0 saturated carbocycles. The molecule has 0 radical (unpaired) electrons. The number of aromatic amines is 1. The Labute approximate surface area is 108 Å². The van der Waals surface area contributed by atoms with Crippen molar-refractivity contribution in [3.63, 3.8) is 0 Å². The van der Waals surface area contributed by atoms with E-state index in [1.807, 2.05) is 18.2 Å². The summed E-state index contributed by atoms with van der Waals surface area (Å²) in [5.41, 5.74) is 8.44. The number of nitrogen functional groups attached to an aromatic ring is 1. The van der Waals surface area contributed by atoms with Gasteiger partial charge in [0, 0.05) is 23.7 Å². The van der Waals surface area contributed by atoms with Crippen molar-refractivity contribution in [2.75, 3.05) is 11.1 Å². The zero-order valence-electron chi connectivity index (χ0n) is 10.1. The predicted octanol–water partition coefficient (Wildman–Crippen LogP) is 0.904. The van der Waals surface area contributed by atoms with E-state index in [1.54, 1.807) is 0 Å². The highest BCUT2D eigenvalue weighted by molar-refractivity contribution is 5.94. The van der Waals surface area contributed by atoms with Crippen LogP contribution < -0.4 is 16.6 Å². The van der Waals surface area contributed by atoms with Gasteiger partial charge in [0.25, 0.3) is 5.56 Å². The molecule has 19 heavy (non-hydrogen) atoms. The van der Waals surface area contributed by atoms with Gasteiger partial charge in [-0.2, -0.15) is 0 Å². The Morgan fingerprint density at radius 3 is 2.79 bits per heavy atom. The number of benzene rings is 1.